The van der Waals surface area contributed by atoms with E-state index >= 15 is 0 Å². The Balaban J connectivity index is 2.79. The molecule has 0 atom stereocenters. The second-order valence-corrected chi connectivity index (χ2v) is 4.44. The Morgan fingerprint density at radius 3 is 2.78 bits per heavy atom. The highest BCUT2D eigenvalue weighted by atomic mass is 16.5. The zero-order valence-electron chi connectivity index (χ0n) is 11.8. The van der Waals surface area contributed by atoms with Gasteiger partial charge in [0.1, 0.15) is 5.82 Å². The SMILES string of the molecule is CCNCc1nc(C(C)C)ncc1NCCOC. The monoisotopic (exact) mass is 252 g/mol. The summed E-state index contributed by atoms with van der Waals surface area (Å²) in [6.07, 6.45) is 1.87. The van der Waals surface area contributed by atoms with Crippen LogP contribution >= 0.6 is 0 Å². The second-order valence-electron chi connectivity index (χ2n) is 4.44. The normalized spacial score (nSPS) is 10.9. The average Bonchev–Trinajstić information content (AvgIpc) is 2.37. The van der Waals surface area contributed by atoms with Gasteiger partial charge in [-0.3, -0.25) is 0 Å². The van der Waals surface area contributed by atoms with Crippen molar-refractivity contribution >= 4 is 5.69 Å². The minimum absolute atomic E-state index is 0.346. The largest absolute Gasteiger partial charge is 0.383 e. The number of hydrogen-bond donors (Lipinski definition) is 2. The number of aromatic nitrogens is 2. The van der Waals surface area contributed by atoms with E-state index in [4.69, 9.17) is 4.74 Å². The first-order valence-electron chi connectivity index (χ1n) is 6.48. The van der Waals surface area contributed by atoms with E-state index in [-0.39, 0.29) is 0 Å². The van der Waals surface area contributed by atoms with Crippen molar-refractivity contribution in [3.63, 3.8) is 0 Å². The number of hydrogen-bond acceptors (Lipinski definition) is 5. The van der Waals surface area contributed by atoms with Crippen LogP contribution in [0.5, 0.6) is 0 Å². The number of nitrogens with one attached hydrogen (secondary N) is 2. The fourth-order valence-corrected chi connectivity index (χ4v) is 1.52. The van der Waals surface area contributed by atoms with Crippen molar-refractivity contribution in [3.05, 3.63) is 17.7 Å². The van der Waals surface area contributed by atoms with Gasteiger partial charge in [0.15, 0.2) is 0 Å². The van der Waals surface area contributed by atoms with Gasteiger partial charge in [0.05, 0.1) is 24.2 Å². The van der Waals surface area contributed by atoms with Crippen molar-refractivity contribution in [1.29, 1.82) is 0 Å². The fourth-order valence-electron chi connectivity index (χ4n) is 1.52. The molecule has 0 aliphatic heterocycles. The molecule has 5 nitrogen and oxygen atoms in total. The van der Waals surface area contributed by atoms with Crippen LogP contribution in [0.4, 0.5) is 5.69 Å². The number of ether oxygens (including phenoxy) is 1. The predicted octanol–water partition coefficient (Wildman–Crippen LogP) is 1.77. The molecule has 102 valence electrons. The number of anilines is 1. The molecule has 1 aromatic heterocycles. The van der Waals surface area contributed by atoms with Crippen molar-refractivity contribution in [2.75, 3.05) is 32.1 Å². The first-order chi connectivity index (χ1) is 8.69. The molecule has 0 aliphatic carbocycles. The van der Waals surface area contributed by atoms with Crippen LogP contribution in [-0.2, 0) is 11.3 Å². The highest BCUT2D eigenvalue weighted by Crippen LogP contribution is 2.16. The molecule has 0 aromatic carbocycles. The van der Waals surface area contributed by atoms with Crippen molar-refractivity contribution in [2.45, 2.75) is 33.2 Å². The van der Waals surface area contributed by atoms with Crippen LogP contribution in [0.2, 0.25) is 0 Å². The molecular formula is C13H24N4O. The van der Waals surface area contributed by atoms with E-state index in [1.165, 1.54) is 0 Å². The third-order valence-corrected chi connectivity index (χ3v) is 2.57. The maximum absolute atomic E-state index is 5.03. The quantitative estimate of drug-likeness (QED) is 0.691. The molecule has 2 N–H and O–H groups in total. The van der Waals surface area contributed by atoms with Gasteiger partial charge in [0, 0.05) is 26.1 Å². The first kappa shape index (κ1) is 14.9. The van der Waals surface area contributed by atoms with Gasteiger partial charge < -0.3 is 15.4 Å². The maximum atomic E-state index is 5.03. The lowest BCUT2D eigenvalue weighted by Crippen LogP contribution is -2.18. The van der Waals surface area contributed by atoms with Crippen LogP contribution in [0.25, 0.3) is 0 Å². The smallest absolute Gasteiger partial charge is 0.131 e. The van der Waals surface area contributed by atoms with E-state index in [9.17, 15) is 0 Å². The average molecular weight is 252 g/mol. The second kappa shape index (κ2) is 8.00. The van der Waals surface area contributed by atoms with Crippen LogP contribution in [0.1, 0.15) is 38.2 Å². The highest BCUT2D eigenvalue weighted by molar-refractivity contribution is 5.46. The molecule has 0 saturated carbocycles. The minimum Gasteiger partial charge on any atom is -0.383 e. The Morgan fingerprint density at radius 1 is 1.39 bits per heavy atom. The molecule has 0 radical (unpaired) electrons. The van der Waals surface area contributed by atoms with Crippen LogP contribution in [0.15, 0.2) is 6.20 Å². The molecule has 5 heteroatoms. The summed E-state index contributed by atoms with van der Waals surface area (Å²) in [4.78, 5) is 8.99. The summed E-state index contributed by atoms with van der Waals surface area (Å²) in [5.74, 6) is 1.23. The molecule has 0 saturated heterocycles. The third kappa shape index (κ3) is 4.58. The standard InChI is InChI=1S/C13H24N4O/c1-5-14-8-12-11(15-6-7-18-4)9-16-13(17-12)10(2)3/h9-10,14-15H,5-8H2,1-4H3. The zero-order valence-corrected chi connectivity index (χ0v) is 11.8. The molecule has 1 heterocycles. The summed E-state index contributed by atoms with van der Waals surface area (Å²) < 4.78 is 5.03. The van der Waals surface area contributed by atoms with Crippen molar-refractivity contribution in [1.82, 2.24) is 15.3 Å². The summed E-state index contributed by atoms with van der Waals surface area (Å²) in [7, 11) is 1.69. The first-order valence-corrected chi connectivity index (χ1v) is 6.48. The molecule has 18 heavy (non-hydrogen) atoms. The number of methoxy groups -OCH3 is 1. The van der Waals surface area contributed by atoms with E-state index in [1.54, 1.807) is 7.11 Å². The molecule has 0 spiro atoms. The van der Waals surface area contributed by atoms with Gasteiger partial charge >= 0.3 is 0 Å². The molecule has 1 rings (SSSR count). The summed E-state index contributed by atoms with van der Waals surface area (Å²) in [6.45, 7) is 9.41. The molecule has 0 fully saturated rings. The van der Waals surface area contributed by atoms with E-state index < -0.39 is 0 Å². The Hall–Kier alpha value is -1.20. The molecule has 0 amide bonds. The van der Waals surface area contributed by atoms with E-state index in [0.29, 0.717) is 12.5 Å². The zero-order chi connectivity index (χ0) is 13.4. The topological polar surface area (TPSA) is 59.1 Å². The van der Waals surface area contributed by atoms with Gasteiger partial charge in [-0.05, 0) is 6.54 Å². The lowest BCUT2D eigenvalue weighted by molar-refractivity contribution is 0.210. The molecule has 1 aromatic rings. The molecular weight excluding hydrogens is 228 g/mol. The van der Waals surface area contributed by atoms with E-state index in [1.807, 2.05) is 6.20 Å². The molecule has 0 aliphatic rings. The van der Waals surface area contributed by atoms with Gasteiger partial charge in [0.25, 0.3) is 0 Å². The molecule has 0 unspecified atom stereocenters. The fraction of sp³-hybridized carbons (Fsp3) is 0.692. The molecule has 0 bridgehead atoms. The number of nitrogens with zero attached hydrogens (tertiary/aromatic N) is 2. The Morgan fingerprint density at radius 2 is 2.17 bits per heavy atom. The Bertz CT molecular complexity index is 355. The lowest BCUT2D eigenvalue weighted by Gasteiger charge is -2.13. The van der Waals surface area contributed by atoms with Crippen LogP contribution in [-0.4, -0.2) is 36.8 Å². The Labute approximate surface area is 109 Å². The van der Waals surface area contributed by atoms with Crippen molar-refractivity contribution in [3.8, 4) is 0 Å². The van der Waals surface area contributed by atoms with E-state index in [2.05, 4.69) is 41.4 Å². The summed E-state index contributed by atoms with van der Waals surface area (Å²) in [5, 5.41) is 6.60. The van der Waals surface area contributed by atoms with Gasteiger partial charge in [0.2, 0.25) is 0 Å². The van der Waals surface area contributed by atoms with Crippen LogP contribution in [0.3, 0.4) is 0 Å². The van der Waals surface area contributed by atoms with Crippen molar-refractivity contribution < 1.29 is 4.74 Å². The third-order valence-electron chi connectivity index (χ3n) is 2.57. The number of rotatable bonds is 8. The van der Waals surface area contributed by atoms with Gasteiger partial charge in [-0.15, -0.1) is 0 Å². The van der Waals surface area contributed by atoms with Gasteiger partial charge in [-0.1, -0.05) is 20.8 Å². The van der Waals surface area contributed by atoms with Crippen LogP contribution < -0.4 is 10.6 Å². The summed E-state index contributed by atoms with van der Waals surface area (Å²) in [5.41, 5.74) is 2.00. The minimum atomic E-state index is 0.346. The summed E-state index contributed by atoms with van der Waals surface area (Å²) >= 11 is 0. The van der Waals surface area contributed by atoms with Gasteiger partial charge in [-0.25, -0.2) is 9.97 Å². The Kier molecular flexibility index (Phi) is 6.60. The van der Waals surface area contributed by atoms with E-state index in [0.717, 1.165) is 36.8 Å². The van der Waals surface area contributed by atoms with Gasteiger partial charge in [-0.2, -0.15) is 0 Å². The lowest BCUT2D eigenvalue weighted by atomic mass is 10.2. The highest BCUT2D eigenvalue weighted by Gasteiger charge is 2.09. The van der Waals surface area contributed by atoms with Crippen molar-refractivity contribution in [2.24, 2.45) is 0 Å². The summed E-state index contributed by atoms with van der Waals surface area (Å²) in [6, 6.07) is 0. The van der Waals surface area contributed by atoms with Crippen LogP contribution in [0, 0.1) is 0 Å². The maximum Gasteiger partial charge on any atom is 0.131 e. The predicted molar refractivity (Wildman–Crippen MR) is 73.9 cm³/mol.